The van der Waals surface area contributed by atoms with Crippen LogP contribution in [0.15, 0.2) is 42.7 Å². The summed E-state index contributed by atoms with van der Waals surface area (Å²) in [6, 6.07) is 10.4. The Morgan fingerprint density at radius 2 is 1.89 bits per heavy atom. The third kappa shape index (κ3) is 3.70. The molecule has 0 aliphatic rings. The smallest absolute Gasteiger partial charge is 0.0645 e. The monoisotopic (exact) mass is 243 g/mol. The van der Waals surface area contributed by atoms with E-state index in [0.717, 1.165) is 18.8 Å². The van der Waals surface area contributed by atoms with Gasteiger partial charge in [-0.15, -0.1) is 0 Å². The van der Waals surface area contributed by atoms with E-state index in [4.69, 9.17) is 0 Å². The van der Waals surface area contributed by atoms with Crippen molar-refractivity contribution in [2.75, 3.05) is 6.54 Å². The van der Waals surface area contributed by atoms with Crippen LogP contribution >= 0.6 is 0 Å². The quantitative estimate of drug-likeness (QED) is 0.894. The summed E-state index contributed by atoms with van der Waals surface area (Å²) in [5.41, 5.74) is 2.73. The summed E-state index contributed by atoms with van der Waals surface area (Å²) in [5, 5.41) is 7.69. The van der Waals surface area contributed by atoms with Crippen LogP contribution < -0.4 is 5.32 Å². The number of nitrogens with one attached hydrogen (secondary N) is 1. The zero-order valence-corrected chi connectivity index (χ0v) is 11.4. The Hall–Kier alpha value is -1.61. The summed E-state index contributed by atoms with van der Waals surface area (Å²) in [4.78, 5) is 0. The number of rotatable bonds is 4. The Morgan fingerprint density at radius 3 is 2.44 bits per heavy atom. The van der Waals surface area contributed by atoms with Crippen molar-refractivity contribution in [3.63, 3.8) is 0 Å². The van der Waals surface area contributed by atoms with E-state index in [0.29, 0.717) is 5.41 Å². The largest absolute Gasteiger partial charge is 0.312 e. The van der Waals surface area contributed by atoms with Crippen molar-refractivity contribution >= 4 is 0 Å². The van der Waals surface area contributed by atoms with E-state index in [2.05, 4.69) is 55.5 Å². The SMILES string of the molecule is CC(C)(C)CNCc1ccc(-n2cccn2)cc1. The maximum atomic E-state index is 4.21. The highest BCUT2D eigenvalue weighted by atomic mass is 15.3. The first kappa shape index (κ1) is 12.8. The van der Waals surface area contributed by atoms with Crippen LogP contribution in [0.1, 0.15) is 26.3 Å². The third-order valence-corrected chi connectivity index (χ3v) is 2.69. The standard InChI is InChI=1S/C15H21N3/c1-15(2,3)12-16-11-13-5-7-14(8-6-13)18-10-4-9-17-18/h4-10,16H,11-12H2,1-3H3. The Kier molecular flexibility index (Phi) is 3.82. The number of hydrogen-bond donors (Lipinski definition) is 1. The molecule has 96 valence electrons. The topological polar surface area (TPSA) is 29.9 Å². The molecule has 0 radical (unpaired) electrons. The van der Waals surface area contributed by atoms with Crippen LogP contribution in [0.5, 0.6) is 0 Å². The lowest BCUT2D eigenvalue weighted by Gasteiger charge is -2.18. The van der Waals surface area contributed by atoms with Gasteiger partial charge in [0.25, 0.3) is 0 Å². The molecule has 0 bridgehead atoms. The lowest BCUT2D eigenvalue weighted by Crippen LogP contribution is -2.26. The molecule has 0 unspecified atom stereocenters. The summed E-state index contributed by atoms with van der Waals surface area (Å²) in [6.45, 7) is 8.65. The molecule has 2 rings (SSSR count). The van der Waals surface area contributed by atoms with Gasteiger partial charge in [0.05, 0.1) is 5.69 Å². The van der Waals surface area contributed by atoms with Gasteiger partial charge in [-0.3, -0.25) is 0 Å². The Bertz CT molecular complexity index is 463. The molecule has 0 spiro atoms. The van der Waals surface area contributed by atoms with E-state index in [1.165, 1.54) is 5.56 Å². The third-order valence-electron chi connectivity index (χ3n) is 2.69. The van der Waals surface area contributed by atoms with Crippen LogP contribution in [0.4, 0.5) is 0 Å². The molecule has 0 saturated heterocycles. The number of aromatic nitrogens is 2. The molecule has 3 heteroatoms. The highest BCUT2D eigenvalue weighted by molar-refractivity contribution is 5.33. The van der Waals surface area contributed by atoms with Crippen LogP contribution in [-0.4, -0.2) is 16.3 Å². The van der Waals surface area contributed by atoms with E-state index >= 15 is 0 Å². The van der Waals surface area contributed by atoms with Crippen LogP contribution in [0, 0.1) is 5.41 Å². The summed E-state index contributed by atoms with van der Waals surface area (Å²) < 4.78 is 1.87. The average Bonchev–Trinajstić information content (AvgIpc) is 2.82. The second-order valence-corrected chi connectivity index (χ2v) is 5.78. The number of nitrogens with zero attached hydrogens (tertiary/aromatic N) is 2. The fourth-order valence-corrected chi connectivity index (χ4v) is 1.77. The fraction of sp³-hybridized carbons (Fsp3) is 0.400. The highest BCUT2D eigenvalue weighted by Gasteiger charge is 2.08. The van der Waals surface area contributed by atoms with Crippen molar-refractivity contribution in [3.05, 3.63) is 48.3 Å². The molecule has 0 aliphatic carbocycles. The molecule has 18 heavy (non-hydrogen) atoms. The summed E-state index contributed by atoms with van der Waals surface area (Å²) in [7, 11) is 0. The second-order valence-electron chi connectivity index (χ2n) is 5.78. The molecule has 0 saturated carbocycles. The normalized spacial score (nSPS) is 11.7. The molecule has 1 aromatic heterocycles. The minimum atomic E-state index is 0.328. The highest BCUT2D eigenvalue weighted by Crippen LogP contribution is 2.12. The van der Waals surface area contributed by atoms with Crippen molar-refractivity contribution < 1.29 is 0 Å². The minimum absolute atomic E-state index is 0.328. The molecule has 2 aromatic rings. The molecular formula is C15H21N3. The Balaban J connectivity index is 1.92. The van der Waals surface area contributed by atoms with E-state index < -0.39 is 0 Å². The molecular weight excluding hydrogens is 222 g/mol. The minimum Gasteiger partial charge on any atom is -0.312 e. The Labute approximate surface area is 109 Å². The number of benzene rings is 1. The summed E-state index contributed by atoms with van der Waals surface area (Å²) in [6.07, 6.45) is 3.74. The molecule has 3 nitrogen and oxygen atoms in total. The first-order valence-electron chi connectivity index (χ1n) is 6.34. The van der Waals surface area contributed by atoms with Gasteiger partial charge in [-0.25, -0.2) is 4.68 Å². The van der Waals surface area contributed by atoms with Gasteiger partial charge in [0.2, 0.25) is 0 Å². The van der Waals surface area contributed by atoms with Crippen LogP contribution in [0.3, 0.4) is 0 Å². The van der Waals surface area contributed by atoms with Crippen molar-refractivity contribution in [2.24, 2.45) is 5.41 Å². The summed E-state index contributed by atoms with van der Waals surface area (Å²) >= 11 is 0. The van der Waals surface area contributed by atoms with Gasteiger partial charge < -0.3 is 5.32 Å². The van der Waals surface area contributed by atoms with Crippen LogP contribution in [0.25, 0.3) is 5.69 Å². The molecule has 0 amide bonds. The van der Waals surface area contributed by atoms with Crippen molar-refractivity contribution in [3.8, 4) is 5.69 Å². The number of hydrogen-bond acceptors (Lipinski definition) is 2. The van der Waals surface area contributed by atoms with Gasteiger partial charge in [-0.05, 0) is 29.2 Å². The zero-order chi connectivity index (χ0) is 13.0. The first-order chi connectivity index (χ1) is 8.54. The van der Waals surface area contributed by atoms with Gasteiger partial charge >= 0.3 is 0 Å². The summed E-state index contributed by atoms with van der Waals surface area (Å²) in [5.74, 6) is 0. The maximum Gasteiger partial charge on any atom is 0.0645 e. The van der Waals surface area contributed by atoms with Gasteiger partial charge in [0, 0.05) is 25.5 Å². The van der Waals surface area contributed by atoms with Gasteiger partial charge in [0.1, 0.15) is 0 Å². The second kappa shape index (κ2) is 5.36. The molecule has 0 aliphatic heterocycles. The lowest BCUT2D eigenvalue weighted by atomic mass is 9.97. The fourth-order valence-electron chi connectivity index (χ4n) is 1.77. The van der Waals surface area contributed by atoms with Crippen molar-refractivity contribution in [1.29, 1.82) is 0 Å². The molecule has 1 aromatic carbocycles. The molecule has 0 atom stereocenters. The molecule has 1 heterocycles. The average molecular weight is 243 g/mol. The molecule has 0 fully saturated rings. The predicted octanol–water partition coefficient (Wildman–Crippen LogP) is 3.01. The van der Waals surface area contributed by atoms with Crippen molar-refractivity contribution in [1.82, 2.24) is 15.1 Å². The van der Waals surface area contributed by atoms with E-state index in [1.807, 2.05) is 16.9 Å². The van der Waals surface area contributed by atoms with E-state index in [9.17, 15) is 0 Å². The maximum absolute atomic E-state index is 4.21. The predicted molar refractivity (Wildman–Crippen MR) is 74.7 cm³/mol. The van der Waals surface area contributed by atoms with Crippen LogP contribution in [-0.2, 0) is 6.54 Å². The van der Waals surface area contributed by atoms with Gasteiger partial charge in [-0.2, -0.15) is 5.10 Å². The van der Waals surface area contributed by atoms with E-state index in [1.54, 1.807) is 6.20 Å². The van der Waals surface area contributed by atoms with Gasteiger partial charge in [0.15, 0.2) is 0 Å². The molecule has 1 N–H and O–H groups in total. The zero-order valence-electron chi connectivity index (χ0n) is 11.4. The van der Waals surface area contributed by atoms with Crippen LogP contribution in [0.2, 0.25) is 0 Å². The first-order valence-corrected chi connectivity index (χ1v) is 6.34. The lowest BCUT2D eigenvalue weighted by molar-refractivity contribution is 0.379. The Morgan fingerprint density at radius 1 is 1.17 bits per heavy atom. The van der Waals surface area contributed by atoms with E-state index in [-0.39, 0.29) is 0 Å². The van der Waals surface area contributed by atoms with Gasteiger partial charge in [-0.1, -0.05) is 32.9 Å². The van der Waals surface area contributed by atoms with Crippen molar-refractivity contribution in [2.45, 2.75) is 27.3 Å².